The summed E-state index contributed by atoms with van der Waals surface area (Å²) in [6.07, 6.45) is 0. The summed E-state index contributed by atoms with van der Waals surface area (Å²) in [5.41, 5.74) is 16.8. The fraction of sp³-hybridized carbons (Fsp3) is 0.345. The Labute approximate surface area is 404 Å². The van der Waals surface area contributed by atoms with Gasteiger partial charge in [0.05, 0.1) is 11.1 Å². The molecule has 0 saturated carbocycles. The van der Waals surface area contributed by atoms with E-state index in [1.54, 1.807) is 0 Å². The molecule has 0 radical (unpaired) electrons. The number of hydrogen-bond acceptors (Lipinski definition) is 10. The van der Waals surface area contributed by atoms with Crippen LogP contribution < -0.4 is 31.9 Å². The maximum absolute atomic E-state index is 13.5. The fourth-order valence-electron chi connectivity index (χ4n) is 10.1. The van der Waals surface area contributed by atoms with E-state index in [-0.39, 0.29) is 11.9 Å². The van der Waals surface area contributed by atoms with E-state index in [1.807, 2.05) is 26.0 Å². The highest BCUT2D eigenvalue weighted by atomic mass is 16.6. The molecular weight excluding hydrogens is 845 g/mol. The number of aryl methyl sites for hydroxylation is 6. The van der Waals surface area contributed by atoms with Gasteiger partial charge in [0.1, 0.15) is 0 Å². The number of nitrogens with one attached hydrogen (secondary N) is 6. The molecule has 10 heteroatoms. The minimum absolute atomic E-state index is 0.302. The number of anilines is 6. The lowest BCUT2D eigenvalue weighted by Crippen LogP contribution is -2.32. The molecule has 0 aliphatic carbocycles. The first-order valence-electron chi connectivity index (χ1n) is 24.4. The van der Waals surface area contributed by atoms with Crippen molar-refractivity contribution in [3.05, 3.63) is 175 Å². The van der Waals surface area contributed by atoms with Gasteiger partial charge < -0.3 is 41.4 Å². The molecule has 6 aromatic carbocycles. The Balaban J connectivity index is 0.000000201. The Bertz CT molecular complexity index is 2550. The van der Waals surface area contributed by atoms with Gasteiger partial charge in [0.25, 0.3) is 0 Å². The smallest absolute Gasteiger partial charge is 0.340 e. The molecule has 0 unspecified atom stereocenters. The van der Waals surface area contributed by atoms with Crippen LogP contribution in [0.25, 0.3) is 0 Å². The SMILES string of the molecule is CCNc1cc(C)ccc1C1(c2ccc(C)cc2NCC)OC(=O)c2cc(C)cc(NCC)c21.CCNc1cc(C)ccc1C1(c2ccc(C)cc2NCC)OC(=O)c2cc(C)cc(NCC)c21. The molecule has 2 heterocycles. The predicted octanol–water partition coefficient (Wildman–Crippen LogP) is 12.7. The van der Waals surface area contributed by atoms with Crippen LogP contribution in [0.3, 0.4) is 0 Å². The number of carbonyl (C=O) groups excluding carboxylic acids is 2. The molecule has 2 aliphatic heterocycles. The first-order valence-corrected chi connectivity index (χ1v) is 24.4. The standard InChI is InChI=1S/2C29H35N3O2/c2*1-7-30-24-15-18(4)10-12-22(24)29(23-13-11-19(5)16-25(23)31-8-2)27-21(28(33)34-29)14-20(6)17-26(27)32-9-3/h2*10-17,30-32H,7-9H2,1-6H3. The zero-order valence-corrected chi connectivity index (χ0v) is 42.1. The average molecular weight is 915 g/mol. The van der Waals surface area contributed by atoms with Crippen LogP contribution >= 0.6 is 0 Å². The second-order valence-electron chi connectivity index (χ2n) is 18.0. The number of rotatable bonds is 16. The predicted molar refractivity (Wildman–Crippen MR) is 283 cm³/mol. The normalized spacial score (nSPS) is 13.9. The van der Waals surface area contributed by atoms with Gasteiger partial charge in [-0.2, -0.15) is 0 Å². The van der Waals surface area contributed by atoms with Crippen LogP contribution in [-0.4, -0.2) is 51.2 Å². The van der Waals surface area contributed by atoms with Crippen LogP contribution in [0.4, 0.5) is 34.1 Å². The van der Waals surface area contributed by atoms with Crippen LogP contribution in [-0.2, 0) is 20.7 Å². The van der Waals surface area contributed by atoms with Gasteiger partial charge in [-0.15, -0.1) is 0 Å². The number of hydrogen-bond donors (Lipinski definition) is 6. The first kappa shape index (κ1) is 49.0. The average Bonchev–Trinajstić information content (AvgIpc) is 3.75. The van der Waals surface area contributed by atoms with Crippen LogP contribution in [0.5, 0.6) is 0 Å². The molecule has 0 spiro atoms. The number of fused-ring (bicyclic) bond motifs is 2. The molecule has 10 nitrogen and oxygen atoms in total. The maximum atomic E-state index is 13.5. The summed E-state index contributed by atoms with van der Waals surface area (Å²) in [5, 5.41) is 21.1. The van der Waals surface area contributed by atoms with Crippen molar-refractivity contribution in [2.24, 2.45) is 0 Å². The Morgan fingerprint density at radius 2 is 0.574 bits per heavy atom. The van der Waals surface area contributed by atoms with Crippen molar-refractivity contribution in [1.82, 2.24) is 0 Å². The molecule has 0 bridgehead atoms. The quantitative estimate of drug-likeness (QED) is 0.0523. The summed E-state index contributed by atoms with van der Waals surface area (Å²) in [4.78, 5) is 27.0. The zero-order chi connectivity index (χ0) is 48.9. The summed E-state index contributed by atoms with van der Waals surface area (Å²) >= 11 is 0. The number of carbonyl (C=O) groups is 2. The summed E-state index contributed by atoms with van der Waals surface area (Å²) in [6, 6.07) is 33.4. The van der Waals surface area contributed by atoms with Crippen molar-refractivity contribution in [2.45, 2.75) is 94.3 Å². The molecule has 356 valence electrons. The van der Waals surface area contributed by atoms with Crippen LogP contribution in [0.2, 0.25) is 0 Å². The van der Waals surface area contributed by atoms with E-state index >= 15 is 0 Å². The van der Waals surface area contributed by atoms with Gasteiger partial charge in [0, 0.05) is 107 Å². The molecule has 0 amide bonds. The second kappa shape index (κ2) is 20.5. The van der Waals surface area contributed by atoms with Gasteiger partial charge >= 0.3 is 11.9 Å². The summed E-state index contributed by atoms with van der Waals surface area (Å²) in [6.45, 7) is 29.3. The maximum Gasteiger partial charge on any atom is 0.340 e. The summed E-state index contributed by atoms with van der Waals surface area (Å²) in [5.74, 6) is -0.604. The van der Waals surface area contributed by atoms with E-state index < -0.39 is 11.2 Å². The van der Waals surface area contributed by atoms with Gasteiger partial charge in [-0.25, -0.2) is 9.59 Å². The third-order valence-electron chi connectivity index (χ3n) is 12.6. The molecule has 2 aliphatic rings. The molecule has 0 aromatic heterocycles. The van der Waals surface area contributed by atoms with Gasteiger partial charge in [0.15, 0.2) is 11.2 Å². The molecule has 6 aromatic rings. The molecule has 0 saturated heterocycles. The van der Waals surface area contributed by atoms with Crippen molar-refractivity contribution in [1.29, 1.82) is 0 Å². The third kappa shape index (κ3) is 8.96. The Hall–Kier alpha value is -6.94. The third-order valence-corrected chi connectivity index (χ3v) is 12.6. The van der Waals surface area contributed by atoms with Gasteiger partial charge in [-0.1, -0.05) is 48.5 Å². The first-order chi connectivity index (χ1) is 32.7. The van der Waals surface area contributed by atoms with Crippen LogP contribution in [0.15, 0.2) is 97.1 Å². The molecule has 68 heavy (non-hydrogen) atoms. The Morgan fingerprint density at radius 1 is 0.338 bits per heavy atom. The monoisotopic (exact) mass is 915 g/mol. The second-order valence-corrected chi connectivity index (χ2v) is 18.0. The van der Waals surface area contributed by atoms with Crippen LogP contribution in [0, 0.1) is 41.5 Å². The molecule has 8 rings (SSSR count). The van der Waals surface area contributed by atoms with E-state index in [4.69, 9.17) is 9.47 Å². The van der Waals surface area contributed by atoms with E-state index in [1.165, 1.54) is 0 Å². The van der Waals surface area contributed by atoms with Gasteiger partial charge in [-0.3, -0.25) is 0 Å². The number of cyclic esters (lactones) is 2. The highest BCUT2D eigenvalue weighted by Crippen LogP contribution is 2.56. The molecule has 0 fully saturated rings. The highest BCUT2D eigenvalue weighted by molar-refractivity contribution is 6.01. The minimum atomic E-state index is -1.10. The van der Waals surface area contributed by atoms with E-state index in [2.05, 4.69) is 186 Å². The van der Waals surface area contributed by atoms with Gasteiger partial charge in [-0.05, 0) is 165 Å². The van der Waals surface area contributed by atoms with Crippen molar-refractivity contribution >= 4 is 46.1 Å². The lowest BCUT2D eigenvalue weighted by Gasteiger charge is -2.35. The van der Waals surface area contributed by atoms with Crippen molar-refractivity contribution in [3.63, 3.8) is 0 Å². The largest absolute Gasteiger partial charge is 0.440 e. The van der Waals surface area contributed by atoms with Gasteiger partial charge in [0.2, 0.25) is 0 Å². The molecular formula is C58H70N6O4. The summed E-state index contributed by atoms with van der Waals surface area (Å²) < 4.78 is 13.1. The number of benzene rings is 6. The van der Waals surface area contributed by atoms with Crippen molar-refractivity contribution in [3.8, 4) is 0 Å². The van der Waals surface area contributed by atoms with Crippen molar-refractivity contribution < 1.29 is 19.1 Å². The Kier molecular flexibility index (Phi) is 14.8. The Morgan fingerprint density at radius 3 is 0.824 bits per heavy atom. The van der Waals surface area contributed by atoms with Crippen LogP contribution in [0.1, 0.15) is 129 Å². The zero-order valence-electron chi connectivity index (χ0n) is 42.1. The highest BCUT2D eigenvalue weighted by Gasteiger charge is 2.54. The van der Waals surface area contributed by atoms with E-state index in [0.29, 0.717) is 11.1 Å². The number of esters is 2. The minimum Gasteiger partial charge on any atom is -0.440 e. The lowest BCUT2D eigenvalue weighted by atomic mass is 9.76. The fourth-order valence-corrected chi connectivity index (χ4v) is 10.1. The lowest BCUT2D eigenvalue weighted by molar-refractivity contribution is 0.0247. The topological polar surface area (TPSA) is 125 Å². The van der Waals surface area contributed by atoms with E-state index in [0.717, 1.165) is 140 Å². The van der Waals surface area contributed by atoms with Crippen molar-refractivity contribution in [2.75, 3.05) is 71.2 Å². The summed E-state index contributed by atoms with van der Waals surface area (Å²) in [7, 11) is 0. The van der Waals surface area contributed by atoms with E-state index in [9.17, 15) is 9.59 Å². The molecule has 0 atom stereocenters. The number of ether oxygens (including phenoxy) is 2. The molecule has 6 N–H and O–H groups in total.